The van der Waals surface area contributed by atoms with Crippen molar-refractivity contribution in [1.29, 1.82) is 0 Å². The number of H-pyrrole nitrogens is 1. The summed E-state index contributed by atoms with van der Waals surface area (Å²) in [6.45, 7) is 1.81. The molecule has 0 bridgehead atoms. The molecular formula is C11H10N4O2. The molecule has 0 aliphatic rings. The van der Waals surface area contributed by atoms with Crippen LogP contribution in [-0.4, -0.2) is 21.1 Å². The van der Waals surface area contributed by atoms with Gasteiger partial charge in [0.1, 0.15) is 5.56 Å². The molecule has 0 aromatic carbocycles. The lowest BCUT2D eigenvalue weighted by atomic mass is 10.1. The summed E-state index contributed by atoms with van der Waals surface area (Å²) >= 11 is 0. The first kappa shape index (κ1) is 11.0. The molecule has 0 fully saturated rings. The highest BCUT2D eigenvalue weighted by atomic mass is 16.2. The van der Waals surface area contributed by atoms with Gasteiger partial charge in [0, 0.05) is 17.5 Å². The number of carbonyl (C=O) groups excluding carboxylic acids is 1. The summed E-state index contributed by atoms with van der Waals surface area (Å²) in [6, 6.07) is 4.91. The molecule has 0 atom stereocenters. The van der Waals surface area contributed by atoms with Crippen molar-refractivity contribution >= 4 is 5.91 Å². The third-order valence-corrected chi connectivity index (χ3v) is 2.35. The Bertz CT molecular complexity index is 633. The number of rotatable bonds is 2. The Morgan fingerprint density at radius 1 is 1.47 bits per heavy atom. The van der Waals surface area contributed by atoms with E-state index in [1.54, 1.807) is 18.3 Å². The fourth-order valence-corrected chi connectivity index (χ4v) is 1.48. The second-order valence-electron chi connectivity index (χ2n) is 3.50. The molecule has 6 nitrogen and oxygen atoms in total. The van der Waals surface area contributed by atoms with E-state index in [1.165, 1.54) is 6.07 Å². The van der Waals surface area contributed by atoms with Crippen LogP contribution in [0.25, 0.3) is 11.3 Å². The predicted octanol–water partition coefficient (Wildman–Crippen LogP) is 0.239. The summed E-state index contributed by atoms with van der Waals surface area (Å²) in [7, 11) is 0. The molecule has 1 amide bonds. The highest BCUT2D eigenvalue weighted by molar-refractivity contribution is 5.93. The summed E-state index contributed by atoms with van der Waals surface area (Å²) in [5.74, 6) is -0.781. The van der Waals surface area contributed by atoms with Gasteiger partial charge >= 0.3 is 0 Å². The van der Waals surface area contributed by atoms with Crippen molar-refractivity contribution in [3.05, 3.63) is 46.0 Å². The molecule has 0 aliphatic carbocycles. The maximum atomic E-state index is 11.3. The first-order valence-corrected chi connectivity index (χ1v) is 4.91. The number of carbonyl (C=O) groups is 1. The number of amides is 1. The molecule has 2 heterocycles. The van der Waals surface area contributed by atoms with Gasteiger partial charge < -0.3 is 5.73 Å². The molecule has 2 aromatic heterocycles. The minimum Gasteiger partial charge on any atom is -0.365 e. The van der Waals surface area contributed by atoms with Gasteiger partial charge in [0.2, 0.25) is 0 Å². The Hall–Kier alpha value is -2.50. The fourth-order valence-electron chi connectivity index (χ4n) is 1.48. The molecule has 0 radical (unpaired) electrons. The maximum Gasteiger partial charge on any atom is 0.277 e. The van der Waals surface area contributed by atoms with E-state index < -0.39 is 11.5 Å². The maximum absolute atomic E-state index is 11.3. The third-order valence-electron chi connectivity index (χ3n) is 2.35. The number of nitrogens with one attached hydrogen (secondary N) is 1. The fraction of sp³-hybridized carbons (Fsp3) is 0.0909. The van der Waals surface area contributed by atoms with Gasteiger partial charge in [-0.3, -0.25) is 14.6 Å². The monoisotopic (exact) mass is 230 g/mol. The molecule has 0 unspecified atom stereocenters. The van der Waals surface area contributed by atoms with Gasteiger partial charge in [-0.1, -0.05) is 0 Å². The van der Waals surface area contributed by atoms with Crippen LogP contribution in [0, 0.1) is 6.92 Å². The van der Waals surface area contributed by atoms with Crippen LogP contribution in [0.4, 0.5) is 0 Å². The average molecular weight is 230 g/mol. The number of aromatic amines is 1. The van der Waals surface area contributed by atoms with E-state index in [4.69, 9.17) is 5.73 Å². The van der Waals surface area contributed by atoms with Crippen molar-refractivity contribution < 1.29 is 4.79 Å². The largest absolute Gasteiger partial charge is 0.365 e. The molecule has 2 rings (SSSR count). The van der Waals surface area contributed by atoms with E-state index in [2.05, 4.69) is 15.2 Å². The zero-order valence-electron chi connectivity index (χ0n) is 9.10. The highest BCUT2D eigenvalue weighted by Gasteiger charge is 2.11. The Morgan fingerprint density at radius 2 is 2.24 bits per heavy atom. The molecule has 0 aliphatic heterocycles. The predicted molar refractivity (Wildman–Crippen MR) is 61.3 cm³/mol. The number of aryl methyl sites for hydroxylation is 1. The topological polar surface area (TPSA) is 102 Å². The van der Waals surface area contributed by atoms with Gasteiger partial charge in [-0.15, -0.1) is 0 Å². The van der Waals surface area contributed by atoms with E-state index in [0.29, 0.717) is 5.69 Å². The zero-order chi connectivity index (χ0) is 12.4. The van der Waals surface area contributed by atoms with Gasteiger partial charge in [0.25, 0.3) is 11.5 Å². The summed E-state index contributed by atoms with van der Waals surface area (Å²) < 4.78 is 0. The van der Waals surface area contributed by atoms with Crippen molar-refractivity contribution in [1.82, 2.24) is 15.2 Å². The second-order valence-corrected chi connectivity index (χ2v) is 3.50. The highest BCUT2D eigenvalue weighted by Crippen LogP contribution is 2.18. The number of nitrogens with zero attached hydrogens (tertiary/aromatic N) is 2. The molecule has 0 spiro atoms. The smallest absolute Gasteiger partial charge is 0.277 e. The zero-order valence-corrected chi connectivity index (χ0v) is 9.10. The lowest BCUT2D eigenvalue weighted by Crippen LogP contribution is -2.24. The molecule has 6 heteroatoms. The van der Waals surface area contributed by atoms with Gasteiger partial charge in [0.15, 0.2) is 0 Å². The van der Waals surface area contributed by atoms with E-state index in [1.807, 2.05) is 6.92 Å². The SMILES string of the molecule is Cc1ncccc1-c1cc(C(N)=O)c(=O)[nH]n1. The number of pyridine rings is 1. The van der Waals surface area contributed by atoms with E-state index in [-0.39, 0.29) is 5.56 Å². The first-order chi connectivity index (χ1) is 8.09. The number of hydrogen-bond acceptors (Lipinski definition) is 4. The van der Waals surface area contributed by atoms with Crippen LogP contribution in [0.1, 0.15) is 16.1 Å². The van der Waals surface area contributed by atoms with Crippen LogP contribution in [0.5, 0.6) is 0 Å². The number of aromatic nitrogens is 3. The third kappa shape index (κ3) is 2.05. The molecule has 2 aromatic rings. The van der Waals surface area contributed by atoms with Gasteiger partial charge in [-0.25, -0.2) is 5.10 Å². The second kappa shape index (κ2) is 4.17. The minimum atomic E-state index is -0.781. The van der Waals surface area contributed by atoms with Crippen LogP contribution in [0.2, 0.25) is 0 Å². The Morgan fingerprint density at radius 3 is 2.88 bits per heavy atom. The lowest BCUT2D eigenvalue weighted by Gasteiger charge is -2.03. The van der Waals surface area contributed by atoms with Crippen LogP contribution in [0.3, 0.4) is 0 Å². The first-order valence-electron chi connectivity index (χ1n) is 4.91. The molecule has 86 valence electrons. The van der Waals surface area contributed by atoms with E-state index in [0.717, 1.165) is 11.3 Å². The Labute approximate surface area is 96.5 Å². The standard InChI is InChI=1S/C11H10N4O2/c1-6-7(3-2-4-13-6)9-5-8(10(12)16)11(17)15-14-9/h2-5H,1H3,(H2,12,16)(H,15,17). The summed E-state index contributed by atoms with van der Waals surface area (Å²) in [6.07, 6.45) is 1.65. The minimum absolute atomic E-state index is 0.113. The summed E-state index contributed by atoms with van der Waals surface area (Å²) in [5.41, 5.74) is 6.35. The molecule has 0 saturated carbocycles. The Kier molecular flexibility index (Phi) is 2.70. The Balaban J connectivity index is 2.62. The van der Waals surface area contributed by atoms with Crippen molar-refractivity contribution in [3.8, 4) is 11.3 Å². The van der Waals surface area contributed by atoms with Gasteiger partial charge in [-0.2, -0.15) is 5.10 Å². The normalized spacial score (nSPS) is 10.2. The van der Waals surface area contributed by atoms with E-state index >= 15 is 0 Å². The van der Waals surface area contributed by atoms with E-state index in [9.17, 15) is 9.59 Å². The molecule has 17 heavy (non-hydrogen) atoms. The molecule has 0 saturated heterocycles. The number of nitrogens with two attached hydrogens (primary N) is 1. The average Bonchev–Trinajstić information content (AvgIpc) is 2.30. The van der Waals surface area contributed by atoms with Crippen LogP contribution < -0.4 is 11.3 Å². The van der Waals surface area contributed by atoms with Crippen LogP contribution in [-0.2, 0) is 0 Å². The lowest BCUT2D eigenvalue weighted by molar-refractivity contribution is 0.0998. The number of hydrogen-bond donors (Lipinski definition) is 2. The van der Waals surface area contributed by atoms with Crippen LogP contribution >= 0.6 is 0 Å². The van der Waals surface area contributed by atoms with Crippen molar-refractivity contribution in [2.45, 2.75) is 6.92 Å². The molecular weight excluding hydrogens is 220 g/mol. The van der Waals surface area contributed by atoms with Gasteiger partial charge in [0.05, 0.1) is 5.69 Å². The van der Waals surface area contributed by atoms with Crippen LogP contribution in [0.15, 0.2) is 29.2 Å². The molecule has 3 N–H and O–H groups in total. The van der Waals surface area contributed by atoms with Crippen molar-refractivity contribution in [3.63, 3.8) is 0 Å². The van der Waals surface area contributed by atoms with Gasteiger partial charge in [-0.05, 0) is 25.1 Å². The van der Waals surface area contributed by atoms with Crippen molar-refractivity contribution in [2.24, 2.45) is 5.73 Å². The number of primary amides is 1. The quantitative estimate of drug-likeness (QED) is 0.771. The summed E-state index contributed by atoms with van der Waals surface area (Å²) in [5, 5.41) is 6.11. The summed E-state index contributed by atoms with van der Waals surface area (Å²) in [4.78, 5) is 26.4. The van der Waals surface area contributed by atoms with Crippen molar-refractivity contribution in [2.75, 3.05) is 0 Å².